The van der Waals surface area contributed by atoms with E-state index >= 15 is 0 Å². The van der Waals surface area contributed by atoms with Gasteiger partial charge in [-0.1, -0.05) is 25.4 Å². The average Bonchev–Trinajstić information content (AvgIpc) is 2.71. The second-order valence-electron chi connectivity index (χ2n) is 3.82. The number of halogens is 1. The van der Waals surface area contributed by atoms with Gasteiger partial charge in [0.15, 0.2) is 0 Å². The third-order valence-corrected chi connectivity index (χ3v) is 3.44. The topological polar surface area (TPSA) is 55.4 Å². The summed E-state index contributed by atoms with van der Waals surface area (Å²) in [6, 6.07) is 2.62. The lowest BCUT2D eigenvalue weighted by atomic mass is 10.0. The summed E-state index contributed by atoms with van der Waals surface area (Å²) in [6.07, 6.45) is 0. The van der Waals surface area contributed by atoms with Crippen LogP contribution in [0.2, 0.25) is 4.34 Å². The molecule has 0 saturated carbocycles. The Morgan fingerprint density at radius 1 is 1.41 bits per heavy atom. The second kappa shape index (κ2) is 6.02. The Bertz CT molecular complexity index is 417. The van der Waals surface area contributed by atoms with Gasteiger partial charge in [0.1, 0.15) is 6.04 Å². The highest BCUT2D eigenvalue weighted by molar-refractivity contribution is 7.18. The maximum atomic E-state index is 11.8. The number of rotatable bonds is 4. The van der Waals surface area contributed by atoms with E-state index in [2.05, 4.69) is 10.1 Å². The summed E-state index contributed by atoms with van der Waals surface area (Å²) in [5.74, 6) is -0.802. The number of esters is 1. The normalized spacial score (nSPS) is 12.3. The summed E-state index contributed by atoms with van der Waals surface area (Å²) in [5, 5.41) is 2.64. The van der Waals surface area contributed by atoms with Crippen LogP contribution >= 0.6 is 22.9 Å². The molecule has 0 aliphatic heterocycles. The van der Waals surface area contributed by atoms with Crippen LogP contribution in [0.4, 0.5) is 0 Å². The minimum Gasteiger partial charge on any atom is -0.467 e. The van der Waals surface area contributed by atoms with Gasteiger partial charge in [0.2, 0.25) is 0 Å². The van der Waals surface area contributed by atoms with E-state index in [1.54, 1.807) is 12.1 Å². The van der Waals surface area contributed by atoms with Gasteiger partial charge in [-0.2, -0.15) is 0 Å². The predicted molar refractivity (Wildman–Crippen MR) is 67.4 cm³/mol. The molecular formula is C11H14ClNO3S. The Labute approximate surface area is 109 Å². The van der Waals surface area contributed by atoms with Gasteiger partial charge in [0, 0.05) is 0 Å². The highest BCUT2D eigenvalue weighted by Crippen LogP contribution is 2.21. The van der Waals surface area contributed by atoms with Crippen LogP contribution < -0.4 is 5.32 Å². The molecular weight excluding hydrogens is 262 g/mol. The summed E-state index contributed by atoms with van der Waals surface area (Å²) >= 11 is 6.91. The van der Waals surface area contributed by atoms with Crippen LogP contribution in [0.25, 0.3) is 0 Å². The van der Waals surface area contributed by atoms with Crippen molar-refractivity contribution >= 4 is 34.8 Å². The molecule has 6 heteroatoms. The fourth-order valence-corrected chi connectivity index (χ4v) is 2.22. The second-order valence-corrected chi connectivity index (χ2v) is 5.54. The maximum absolute atomic E-state index is 11.8. The molecule has 0 unspecified atom stereocenters. The van der Waals surface area contributed by atoms with E-state index in [1.165, 1.54) is 18.4 Å². The lowest BCUT2D eigenvalue weighted by molar-refractivity contribution is -0.144. The maximum Gasteiger partial charge on any atom is 0.328 e. The number of nitrogens with one attached hydrogen (secondary N) is 1. The number of amides is 1. The molecule has 1 aromatic rings. The molecule has 0 saturated heterocycles. The van der Waals surface area contributed by atoms with Gasteiger partial charge in [0.25, 0.3) is 5.91 Å². The van der Waals surface area contributed by atoms with Crippen LogP contribution in [-0.4, -0.2) is 25.0 Å². The molecule has 1 N–H and O–H groups in total. The van der Waals surface area contributed by atoms with Gasteiger partial charge in [-0.15, -0.1) is 11.3 Å². The van der Waals surface area contributed by atoms with Crippen LogP contribution in [0.3, 0.4) is 0 Å². The minimum atomic E-state index is -0.645. The van der Waals surface area contributed by atoms with Crippen molar-refractivity contribution in [2.75, 3.05) is 7.11 Å². The van der Waals surface area contributed by atoms with E-state index in [9.17, 15) is 9.59 Å². The van der Waals surface area contributed by atoms with Crippen LogP contribution in [0.1, 0.15) is 23.5 Å². The number of methoxy groups -OCH3 is 1. The largest absolute Gasteiger partial charge is 0.467 e. The first-order valence-corrected chi connectivity index (χ1v) is 6.29. The standard InChI is InChI=1S/C11H14ClNO3S/c1-6(2)9(11(15)16-3)13-10(14)7-4-5-8(12)17-7/h4-6,9H,1-3H3,(H,13,14)/t9-/m0/s1. The quantitative estimate of drug-likeness (QED) is 0.858. The molecule has 1 rings (SSSR count). The highest BCUT2D eigenvalue weighted by Gasteiger charge is 2.25. The summed E-state index contributed by atoms with van der Waals surface area (Å²) in [4.78, 5) is 23.8. The van der Waals surface area contributed by atoms with Crippen LogP contribution in [0, 0.1) is 5.92 Å². The third kappa shape index (κ3) is 3.71. The van der Waals surface area contributed by atoms with Gasteiger partial charge in [-0.3, -0.25) is 4.79 Å². The molecule has 1 atom stereocenters. The Kier molecular flexibility index (Phi) is 4.96. The van der Waals surface area contributed by atoms with Crippen LogP contribution in [0.15, 0.2) is 12.1 Å². The molecule has 4 nitrogen and oxygen atoms in total. The van der Waals surface area contributed by atoms with E-state index in [0.717, 1.165) is 0 Å². The fraction of sp³-hybridized carbons (Fsp3) is 0.455. The summed E-state index contributed by atoms with van der Waals surface area (Å²) in [7, 11) is 1.30. The fourth-order valence-electron chi connectivity index (χ4n) is 1.27. The van der Waals surface area contributed by atoms with Gasteiger partial charge in [0.05, 0.1) is 16.3 Å². The third-order valence-electron chi connectivity index (χ3n) is 2.21. The summed E-state index contributed by atoms with van der Waals surface area (Å²) in [6.45, 7) is 3.67. The first kappa shape index (κ1) is 14.0. The molecule has 0 fully saturated rings. The molecule has 0 aliphatic carbocycles. The number of carbonyl (C=O) groups is 2. The number of hydrogen-bond donors (Lipinski definition) is 1. The predicted octanol–water partition coefficient (Wildman–Crippen LogP) is 2.33. The number of thiophene rings is 1. The van der Waals surface area contributed by atoms with Crippen molar-refractivity contribution in [3.05, 3.63) is 21.3 Å². The minimum absolute atomic E-state index is 0.0400. The SMILES string of the molecule is COC(=O)[C@@H](NC(=O)c1ccc(Cl)s1)C(C)C. The van der Waals surface area contributed by atoms with Crippen molar-refractivity contribution in [1.82, 2.24) is 5.32 Å². The Balaban J connectivity index is 2.74. The van der Waals surface area contributed by atoms with Crippen LogP contribution in [0.5, 0.6) is 0 Å². The molecule has 17 heavy (non-hydrogen) atoms. The van der Waals surface area contributed by atoms with Crippen molar-refractivity contribution < 1.29 is 14.3 Å². The van der Waals surface area contributed by atoms with Crippen molar-refractivity contribution in [3.8, 4) is 0 Å². The molecule has 1 heterocycles. The monoisotopic (exact) mass is 275 g/mol. The molecule has 0 aliphatic rings. The molecule has 0 spiro atoms. The van der Waals surface area contributed by atoms with E-state index in [0.29, 0.717) is 9.21 Å². The number of ether oxygens (including phenoxy) is 1. The van der Waals surface area contributed by atoms with Crippen LogP contribution in [-0.2, 0) is 9.53 Å². The lowest BCUT2D eigenvalue weighted by Gasteiger charge is -2.19. The molecule has 94 valence electrons. The van der Waals surface area contributed by atoms with Crippen molar-refractivity contribution in [3.63, 3.8) is 0 Å². The molecule has 1 aromatic heterocycles. The smallest absolute Gasteiger partial charge is 0.328 e. The zero-order valence-corrected chi connectivity index (χ0v) is 11.4. The van der Waals surface area contributed by atoms with E-state index < -0.39 is 12.0 Å². The van der Waals surface area contributed by atoms with E-state index in [4.69, 9.17) is 11.6 Å². The summed E-state index contributed by atoms with van der Waals surface area (Å²) in [5.41, 5.74) is 0. The molecule has 0 aromatic carbocycles. The van der Waals surface area contributed by atoms with Crippen molar-refractivity contribution in [1.29, 1.82) is 0 Å². The molecule has 1 amide bonds. The first-order chi connectivity index (χ1) is 7.95. The first-order valence-electron chi connectivity index (χ1n) is 5.09. The number of hydrogen-bond acceptors (Lipinski definition) is 4. The van der Waals surface area contributed by atoms with Gasteiger partial charge in [-0.25, -0.2) is 4.79 Å². The van der Waals surface area contributed by atoms with Gasteiger partial charge < -0.3 is 10.1 Å². The molecule has 0 radical (unpaired) electrons. The van der Waals surface area contributed by atoms with Crippen molar-refractivity contribution in [2.45, 2.75) is 19.9 Å². The highest BCUT2D eigenvalue weighted by atomic mass is 35.5. The lowest BCUT2D eigenvalue weighted by Crippen LogP contribution is -2.44. The Hall–Kier alpha value is -1.07. The summed E-state index contributed by atoms with van der Waals surface area (Å²) < 4.78 is 5.18. The van der Waals surface area contributed by atoms with Crippen molar-refractivity contribution in [2.24, 2.45) is 5.92 Å². The zero-order chi connectivity index (χ0) is 13.0. The number of carbonyl (C=O) groups excluding carboxylic acids is 2. The Morgan fingerprint density at radius 3 is 2.47 bits per heavy atom. The van der Waals surface area contributed by atoms with E-state index in [1.807, 2.05) is 13.8 Å². The Morgan fingerprint density at radius 2 is 2.06 bits per heavy atom. The van der Waals surface area contributed by atoms with E-state index in [-0.39, 0.29) is 11.8 Å². The average molecular weight is 276 g/mol. The van der Waals surface area contributed by atoms with Gasteiger partial charge in [-0.05, 0) is 18.1 Å². The zero-order valence-electron chi connectivity index (χ0n) is 9.82. The molecule has 0 bridgehead atoms. The van der Waals surface area contributed by atoms with Gasteiger partial charge >= 0.3 is 5.97 Å².